The van der Waals surface area contributed by atoms with Gasteiger partial charge in [-0.3, -0.25) is 4.79 Å². The number of allylic oxidation sites excluding steroid dienone is 1. The highest BCUT2D eigenvalue weighted by Gasteiger charge is 2.35. The molecule has 2 aromatic carbocycles. The van der Waals surface area contributed by atoms with Gasteiger partial charge in [0.2, 0.25) is 6.79 Å². The molecule has 1 aliphatic heterocycles. The van der Waals surface area contributed by atoms with Crippen molar-refractivity contribution >= 4 is 34.0 Å². The molecule has 0 aliphatic carbocycles. The van der Waals surface area contributed by atoms with Crippen LogP contribution in [0.4, 0.5) is 0 Å². The monoisotopic (exact) mass is 539 g/mol. The Balaban J connectivity index is 1.88. The highest BCUT2D eigenvalue weighted by Crippen LogP contribution is 2.36. The standard InChI is InChI=1S/C29H41NO5Si2/c1-22(31)13-14-24-17-26-27(35-21-34-26)18-25(24)19-30(20-36(2,3)4)28(37(5,6)7)15-16-33-29(32)23-11-9-8-10-12-23/h8-14,17-18,28H,15-16,19-21H2,1-7H3/b14-13-. The van der Waals surface area contributed by atoms with E-state index in [0.717, 1.165) is 36.0 Å². The van der Waals surface area contributed by atoms with Crippen LogP contribution in [-0.2, 0) is 16.1 Å². The van der Waals surface area contributed by atoms with E-state index in [4.69, 9.17) is 14.2 Å². The predicted molar refractivity (Wildman–Crippen MR) is 155 cm³/mol. The SMILES string of the molecule is CC(=O)/C=C\c1cc2c(cc1CN(C[Si](C)(C)C)C(CCOC(=O)c1ccccc1)[Si](C)(C)C)OCO2. The van der Waals surface area contributed by atoms with Crippen LogP contribution in [0.3, 0.4) is 0 Å². The van der Waals surface area contributed by atoms with Crippen molar-refractivity contribution in [2.75, 3.05) is 19.6 Å². The zero-order valence-corrected chi connectivity index (χ0v) is 25.3. The van der Waals surface area contributed by atoms with Crippen molar-refractivity contribution in [3.05, 3.63) is 65.2 Å². The molecular formula is C29H41NO5Si2. The molecule has 6 nitrogen and oxygen atoms in total. The van der Waals surface area contributed by atoms with Gasteiger partial charge in [0, 0.05) is 12.2 Å². The third kappa shape index (κ3) is 8.69. The maximum Gasteiger partial charge on any atom is 0.338 e. The summed E-state index contributed by atoms with van der Waals surface area (Å²) < 4.78 is 17.0. The molecule has 0 saturated heterocycles. The van der Waals surface area contributed by atoms with E-state index in [9.17, 15) is 9.59 Å². The smallest absolute Gasteiger partial charge is 0.338 e. The highest BCUT2D eigenvalue weighted by molar-refractivity contribution is 6.78. The first-order valence-corrected chi connectivity index (χ1v) is 20.2. The molecule has 1 heterocycles. The Kier molecular flexibility index (Phi) is 9.55. The number of ketones is 1. The Labute approximate surface area is 223 Å². The summed E-state index contributed by atoms with van der Waals surface area (Å²) in [7, 11) is -3.19. The van der Waals surface area contributed by atoms with Gasteiger partial charge in [0.25, 0.3) is 0 Å². The number of carbonyl (C=O) groups is 2. The second-order valence-corrected chi connectivity index (χ2v) is 22.8. The number of ether oxygens (including phenoxy) is 3. The van der Waals surface area contributed by atoms with Crippen LogP contribution >= 0.6 is 0 Å². The summed E-state index contributed by atoms with van der Waals surface area (Å²) in [4.78, 5) is 26.9. The lowest BCUT2D eigenvalue weighted by Crippen LogP contribution is -2.55. The quantitative estimate of drug-likeness (QED) is 0.182. The van der Waals surface area contributed by atoms with Crippen LogP contribution in [0.1, 0.15) is 34.8 Å². The van der Waals surface area contributed by atoms with Crippen molar-refractivity contribution in [3.63, 3.8) is 0 Å². The lowest BCUT2D eigenvalue weighted by atomic mass is 10.0. The molecule has 3 rings (SSSR count). The highest BCUT2D eigenvalue weighted by atomic mass is 28.3. The van der Waals surface area contributed by atoms with Gasteiger partial charge in [-0.25, -0.2) is 4.79 Å². The molecule has 1 unspecified atom stereocenters. The van der Waals surface area contributed by atoms with Crippen molar-refractivity contribution in [2.45, 2.75) is 64.8 Å². The van der Waals surface area contributed by atoms with Crippen LogP contribution in [0.2, 0.25) is 39.3 Å². The third-order valence-electron chi connectivity index (χ3n) is 6.26. The third-order valence-corrected chi connectivity index (χ3v) is 10.3. The normalized spacial score (nSPS) is 14.3. The molecule has 1 aliphatic rings. The first-order chi connectivity index (χ1) is 17.3. The number of fused-ring (bicyclic) bond motifs is 1. The van der Waals surface area contributed by atoms with E-state index in [1.165, 1.54) is 0 Å². The topological polar surface area (TPSA) is 65.1 Å². The van der Waals surface area contributed by atoms with Gasteiger partial charge in [0.1, 0.15) is 0 Å². The van der Waals surface area contributed by atoms with E-state index in [2.05, 4.69) is 50.2 Å². The van der Waals surface area contributed by atoms with Gasteiger partial charge in [-0.15, -0.1) is 0 Å². The minimum atomic E-state index is -1.70. The zero-order chi connectivity index (χ0) is 27.2. The van der Waals surface area contributed by atoms with Gasteiger partial charge in [0.15, 0.2) is 17.3 Å². The van der Waals surface area contributed by atoms with Crippen LogP contribution < -0.4 is 9.47 Å². The Morgan fingerprint density at radius 3 is 2.27 bits per heavy atom. The van der Waals surface area contributed by atoms with Crippen molar-refractivity contribution in [3.8, 4) is 11.5 Å². The van der Waals surface area contributed by atoms with Gasteiger partial charge in [-0.2, -0.15) is 0 Å². The van der Waals surface area contributed by atoms with Crippen molar-refractivity contribution < 1.29 is 23.8 Å². The number of hydrogen-bond acceptors (Lipinski definition) is 6. The van der Waals surface area contributed by atoms with Gasteiger partial charge < -0.3 is 19.1 Å². The van der Waals surface area contributed by atoms with Crippen molar-refractivity contribution in [1.82, 2.24) is 4.90 Å². The number of hydrogen-bond donors (Lipinski definition) is 0. The number of rotatable bonds is 12. The lowest BCUT2D eigenvalue weighted by molar-refractivity contribution is -0.112. The van der Waals surface area contributed by atoms with E-state index < -0.39 is 16.1 Å². The fraction of sp³-hybridized carbons (Fsp3) is 0.448. The lowest BCUT2D eigenvalue weighted by Gasteiger charge is -2.42. The average Bonchev–Trinajstić information content (AvgIpc) is 3.26. The van der Waals surface area contributed by atoms with Crippen LogP contribution in [0.5, 0.6) is 11.5 Å². The first kappa shape index (κ1) is 28.9. The number of carbonyl (C=O) groups excluding carboxylic acids is 2. The maximum absolute atomic E-state index is 12.6. The largest absolute Gasteiger partial charge is 0.462 e. The molecule has 0 spiro atoms. The minimum Gasteiger partial charge on any atom is -0.462 e. The molecule has 0 aromatic heterocycles. The molecule has 0 radical (unpaired) electrons. The molecule has 1 atom stereocenters. The van der Waals surface area contributed by atoms with E-state index in [1.807, 2.05) is 30.3 Å². The molecule has 0 bridgehead atoms. The van der Waals surface area contributed by atoms with E-state index >= 15 is 0 Å². The van der Waals surface area contributed by atoms with Crippen LogP contribution in [0.25, 0.3) is 6.08 Å². The molecular weight excluding hydrogens is 498 g/mol. The van der Waals surface area contributed by atoms with Gasteiger partial charge in [0.05, 0.1) is 28.3 Å². The van der Waals surface area contributed by atoms with Crippen LogP contribution in [-0.4, -0.2) is 58.0 Å². The van der Waals surface area contributed by atoms with Crippen molar-refractivity contribution in [2.24, 2.45) is 0 Å². The van der Waals surface area contributed by atoms with Gasteiger partial charge >= 0.3 is 5.97 Å². The summed E-state index contributed by atoms with van der Waals surface area (Å²) in [6, 6.07) is 13.2. The van der Waals surface area contributed by atoms with Crippen LogP contribution in [0, 0.1) is 0 Å². The average molecular weight is 540 g/mol. The van der Waals surface area contributed by atoms with E-state index in [-0.39, 0.29) is 18.5 Å². The molecule has 8 heteroatoms. The Hall–Kier alpha value is -2.69. The summed E-state index contributed by atoms with van der Waals surface area (Å²) in [5, 5.41) is 0. The molecule has 0 fully saturated rings. The van der Waals surface area contributed by atoms with Gasteiger partial charge in [-0.05, 0) is 61.0 Å². The number of nitrogens with zero attached hydrogens (tertiary/aromatic N) is 1. The molecule has 0 saturated carbocycles. The van der Waals surface area contributed by atoms with E-state index in [0.29, 0.717) is 23.6 Å². The second kappa shape index (κ2) is 12.2. The molecule has 0 amide bonds. The number of benzene rings is 2. The Morgan fingerprint density at radius 1 is 1.03 bits per heavy atom. The predicted octanol–water partition coefficient (Wildman–Crippen LogP) is 6.19. The second-order valence-electron chi connectivity index (χ2n) is 12.0. The summed E-state index contributed by atoms with van der Waals surface area (Å²) >= 11 is 0. The van der Waals surface area contributed by atoms with Crippen molar-refractivity contribution in [1.29, 1.82) is 0 Å². The van der Waals surface area contributed by atoms with E-state index in [1.54, 1.807) is 25.1 Å². The Morgan fingerprint density at radius 2 is 1.68 bits per heavy atom. The zero-order valence-electron chi connectivity index (χ0n) is 23.3. The summed E-state index contributed by atoms with van der Waals surface area (Å²) in [6.07, 6.45) is 5.27. The fourth-order valence-electron chi connectivity index (χ4n) is 4.69. The molecule has 37 heavy (non-hydrogen) atoms. The summed E-state index contributed by atoms with van der Waals surface area (Å²) in [6.45, 7) is 17.1. The first-order valence-electron chi connectivity index (χ1n) is 12.9. The molecule has 200 valence electrons. The van der Waals surface area contributed by atoms with Crippen LogP contribution in [0.15, 0.2) is 48.5 Å². The summed E-state index contributed by atoms with van der Waals surface area (Å²) in [5.74, 6) is 1.17. The summed E-state index contributed by atoms with van der Waals surface area (Å²) in [5.41, 5.74) is 2.94. The Bertz CT molecular complexity index is 1120. The number of esters is 1. The molecule has 2 aromatic rings. The fourth-order valence-corrected chi connectivity index (χ4v) is 8.68. The molecule has 0 N–H and O–H groups in total. The maximum atomic E-state index is 12.6. The minimum absolute atomic E-state index is 0.00257. The van der Waals surface area contributed by atoms with Gasteiger partial charge in [-0.1, -0.05) is 63.6 Å².